The first-order chi connectivity index (χ1) is 17.7. The van der Waals surface area contributed by atoms with E-state index in [2.05, 4.69) is 18.7 Å². The zero-order chi connectivity index (χ0) is 26.5. The van der Waals surface area contributed by atoms with Crippen molar-refractivity contribution in [3.8, 4) is 0 Å². The lowest BCUT2D eigenvalue weighted by atomic mass is 10.2. The van der Waals surface area contributed by atoms with Gasteiger partial charge in [0.15, 0.2) is 6.29 Å². The van der Waals surface area contributed by atoms with Crippen LogP contribution >= 0.6 is 0 Å². The Kier molecular flexibility index (Phi) is 28.3. The molecule has 7 heteroatoms. The van der Waals surface area contributed by atoms with Crippen molar-refractivity contribution in [2.24, 2.45) is 0 Å². The summed E-state index contributed by atoms with van der Waals surface area (Å²) in [6, 6.07) is 0. The summed E-state index contributed by atoms with van der Waals surface area (Å²) in [5, 5.41) is 9.30. The predicted molar refractivity (Wildman–Crippen MR) is 147 cm³/mol. The van der Waals surface area contributed by atoms with Crippen LogP contribution in [0.2, 0.25) is 0 Å². The number of methoxy groups -OCH3 is 1. The molecule has 0 fully saturated rings. The fraction of sp³-hybridized carbons (Fsp3) is 0.966. The van der Waals surface area contributed by atoms with Crippen LogP contribution in [0, 0.1) is 0 Å². The number of esters is 1. The molecule has 0 rings (SSSR count). The average Bonchev–Trinajstić information content (AvgIpc) is 2.88. The van der Waals surface area contributed by atoms with Crippen LogP contribution in [0.4, 0.5) is 0 Å². The minimum atomic E-state index is -0.312. The fourth-order valence-electron chi connectivity index (χ4n) is 4.05. The number of carbonyl (C=O) groups is 1. The van der Waals surface area contributed by atoms with Crippen LogP contribution in [0.5, 0.6) is 0 Å². The molecule has 0 saturated carbocycles. The molecule has 0 heterocycles. The molecule has 0 atom stereocenters. The van der Waals surface area contributed by atoms with Crippen molar-refractivity contribution in [3.63, 3.8) is 0 Å². The SMILES string of the molecule is CCCCCCOC(CCC(=O)OCCCCCN(CCO)CCCCCOC)OCCCCCC. The number of hydrogen-bond acceptors (Lipinski definition) is 7. The first-order valence-corrected chi connectivity index (χ1v) is 14.9. The monoisotopic (exact) mass is 517 g/mol. The Morgan fingerprint density at radius 1 is 0.694 bits per heavy atom. The van der Waals surface area contributed by atoms with Crippen LogP contribution in [0.15, 0.2) is 0 Å². The highest BCUT2D eigenvalue weighted by Gasteiger charge is 2.13. The Labute approximate surface area is 222 Å². The van der Waals surface area contributed by atoms with E-state index >= 15 is 0 Å². The van der Waals surface area contributed by atoms with Crippen molar-refractivity contribution < 1.29 is 28.8 Å². The van der Waals surface area contributed by atoms with E-state index in [4.69, 9.17) is 18.9 Å². The number of aliphatic hydroxyl groups excluding tert-OH is 1. The van der Waals surface area contributed by atoms with Crippen LogP contribution in [0.25, 0.3) is 0 Å². The van der Waals surface area contributed by atoms with Crippen LogP contribution in [0.3, 0.4) is 0 Å². The predicted octanol–water partition coefficient (Wildman–Crippen LogP) is 6.11. The van der Waals surface area contributed by atoms with E-state index in [0.717, 1.165) is 77.6 Å². The Bertz CT molecular complexity index is 437. The van der Waals surface area contributed by atoms with Gasteiger partial charge in [0.25, 0.3) is 0 Å². The maximum Gasteiger partial charge on any atom is 0.305 e. The van der Waals surface area contributed by atoms with Gasteiger partial charge in [-0.3, -0.25) is 4.79 Å². The van der Waals surface area contributed by atoms with Crippen molar-refractivity contribution in [1.82, 2.24) is 4.90 Å². The molecule has 1 N–H and O–H groups in total. The molecule has 0 aliphatic rings. The summed E-state index contributed by atoms with van der Waals surface area (Å²) in [6.45, 7) is 9.98. The molecular formula is C29H59NO6. The summed E-state index contributed by atoms with van der Waals surface area (Å²) in [4.78, 5) is 14.5. The zero-order valence-electron chi connectivity index (χ0n) is 24.0. The average molecular weight is 518 g/mol. The Balaban J connectivity index is 3.99. The van der Waals surface area contributed by atoms with E-state index < -0.39 is 0 Å². The van der Waals surface area contributed by atoms with E-state index in [1.54, 1.807) is 7.11 Å². The highest BCUT2D eigenvalue weighted by molar-refractivity contribution is 5.69. The lowest BCUT2D eigenvalue weighted by molar-refractivity contribution is -0.159. The second kappa shape index (κ2) is 28.8. The first kappa shape index (κ1) is 35.3. The highest BCUT2D eigenvalue weighted by Crippen LogP contribution is 2.11. The van der Waals surface area contributed by atoms with Gasteiger partial charge in [0, 0.05) is 39.9 Å². The van der Waals surface area contributed by atoms with Gasteiger partial charge in [0.05, 0.1) is 19.6 Å². The smallest absolute Gasteiger partial charge is 0.305 e. The molecule has 0 spiro atoms. The van der Waals surface area contributed by atoms with Gasteiger partial charge >= 0.3 is 5.97 Å². The van der Waals surface area contributed by atoms with E-state index in [1.807, 2.05) is 0 Å². The van der Waals surface area contributed by atoms with Gasteiger partial charge in [0.2, 0.25) is 0 Å². The maximum atomic E-state index is 12.2. The van der Waals surface area contributed by atoms with Crippen LogP contribution < -0.4 is 0 Å². The minimum absolute atomic E-state index is 0.165. The topological polar surface area (TPSA) is 77.5 Å². The fourth-order valence-corrected chi connectivity index (χ4v) is 4.05. The van der Waals surface area contributed by atoms with Gasteiger partial charge in [-0.2, -0.15) is 0 Å². The second-order valence-corrected chi connectivity index (χ2v) is 9.73. The number of unbranched alkanes of at least 4 members (excludes halogenated alkanes) is 10. The quantitative estimate of drug-likeness (QED) is 0.0728. The molecule has 0 aromatic carbocycles. The first-order valence-electron chi connectivity index (χ1n) is 14.9. The molecule has 0 bridgehead atoms. The van der Waals surface area contributed by atoms with Gasteiger partial charge in [-0.1, -0.05) is 52.4 Å². The van der Waals surface area contributed by atoms with Gasteiger partial charge < -0.3 is 29.0 Å². The number of nitrogens with zero attached hydrogens (tertiary/aromatic N) is 1. The molecular weight excluding hydrogens is 458 g/mol. The van der Waals surface area contributed by atoms with Gasteiger partial charge in [-0.25, -0.2) is 0 Å². The van der Waals surface area contributed by atoms with Crippen LogP contribution in [-0.2, 0) is 23.7 Å². The van der Waals surface area contributed by atoms with Crippen molar-refractivity contribution in [2.45, 2.75) is 123 Å². The third-order valence-corrected chi connectivity index (χ3v) is 6.31. The number of hydrogen-bond donors (Lipinski definition) is 1. The molecule has 0 aromatic heterocycles. The van der Waals surface area contributed by atoms with Crippen molar-refractivity contribution >= 4 is 5.97 Å². The Morgan fingerprint density at radius 2 is 1.22 bits per heavy atom. The van der Waals surface area contributed by atoms with Crippen molar-refractivity contribution in [2.75, 3.05) is 59.8 Å². The minimum Gasteiger partial charge on any atom is -0.466 e. The van der Waals surface area contributed by atoms with Gasteiger partial charge in [-0.15, -0.1) is 0 Å². The van der Waals surface area contributed by atoms with E-state index in [0.29, 0.717) is 32.7 Å². The molecule has 0 amide bonds. The van der Waals surface area contributed by atoms with Crippen LogP contribution in [-0.4, -0.2) is 82.0 Å². The molecule has 0 unspecified atom stereocenters. The Hall–Kier alpha value is -0.730. The third-order valence-electron chi connectivity index (χ3n) is 6.31. The van der Waals surface area contributed by atoms with Gasteiger partial charge in [0.1, 0.15) is 0 Å². The summed E-state index contributed by atoms with van der Waals surface area (Å²) in [5.74, 6) is -0.165. The summed E-state index contributed by atoms with van der Waals surface area (Å²) in [5.41, 5.74) is 0. The highest BCUT2D eigenvalue weighted by atomic mass is 16.7. The third kappa shape index (κ3) is 24.9. The molecule has 0 radical (unpaired) electrons. The molecule has 7 nitrogen and oxygen atoms in total. The standard InChI is InChI=1S/C29H59NO6/c1-4-6-8-15-26-35-29(36-27-16-9-7-5-2)19-18-28(32)34-25-17-11-13-21-30(22-23-31)20-12-10-14-24-33-3/h29,31H,4-27H2,1-3H3. The Morgan fingerprint density at radius 3 is 1.75 bits per heavy atom. The van der Waals surface area contributed by atoms with Gasteiger partial charge in [-0.05, 0) is 64.5 Å². The summed E-state index contributed by atoms with van der Waals surface area (Å²) in [6.07, 6.45) is 16.2. The summed E-state index contributed by atoms with van der Waals surface area (Å²) in [7, 11) is 1.74. The lowest BCUT2D eigenvalue weighted by Crippen LogP contribution is -2.29. The van der Waals surface area contributed by atoms with Crippen LogP contribution in [0.1, 0.15) is 117 Å². The summed E-state index contributed by atoms with van der Waals surface area (Å²) >= 11 is 0. The largest absolute Gasteiger partial charge is 0.466 e. The van der Waals surface area contributed by atoms with E-state index in [1.165, 1.54) is 38.5 Å². The molecule has 0 saturated heterocycles. The van der Waals surface area contributed by atoms with E-state index in [-0.39, 0.29) is 18.9 Å². The van der Waals surface area contributed by atoms with Crippen molar-refractivity contribution in [1.29, 1.82) is 0 Å². The van der Waals surface area contributed by atoms with Crippen molar-refractivity contribution in [3.05, 3.63) is 0 Å². The zero-order valence-corrected chi connectivity index (χ0v) is 24.0. The maximum absolute atomic E-state index is 12.2. The number of ether oxygens (including phenoxy) is 4. The van der Waals surface area contributed by atoms with E-state index in [9.17, 15) is 9.90 Å². The number of rotatable bonds is 29. The lowest BCUT2D eigenvalue weighted by Gasteiger charge is -2.21. The molecule has 0 aromatic rings. The summed E-state index contributed by atoms with van der Waals surface area (Å²) < 4.78 is 22.4. The number of carbonyl (C=O) groups excluding carboxylic acids is 1. The normalized spacial score (nSPS) is 11.6. The number of aliphatic hydroxyl groups is 1. The molecule has 0 aliphatic heterocycles. The molecule has 36 heavy (non-hydrogen) atoms. The molecule has 216 valence electrons. The molecule has 0 aliphatic carbocycles. The second-order valence-electron chi connectivity index (χ2n) is 9.73.